The Morgan fingerprint density at radius 2 is 1.88 bits per heavy atom. The summed E-state index contributed by atoms with van der Waals surface area (Å²) in [5.41, 5.74) is 1.06. The maximum Gasteiger partial charge on any atom is 0.0637 e. The van der Waals surface area contributed by atoms with Crippen molar-refractivity contribution >= 4 is 23.2 Å². The van der Waals surface area contributed by atoms with E-state index in [1.807, 2.05) is 18.2 Å². The van der Waals surface area contributed by atoms with Crippen LogP contribution in [0.1, 0.15) is 32.8 Å². The fourth-order valence-corrected chi connectivity index (χ4v) is 2.15. The lowest BCUT2D eigenvalue weighted by molar-refractivity contribution is 0.441. The van der Waals surface area contributed by atoms with Crippen molar-refractivity contribution < 1.29 is 0 Å². The smallest absolute Gasteiger partial charge is 0.0637 e. The minimum absolute atomic E-state index is 0.495. The summed E-state index contributed by atoms with van der Waals surface area (Å²) in [6, 6.07) is 6.24. The molecular formula is C13H19Cl2N. The van der Waals surface area contributed by atoms with Gasteiger partial charge in [0.1, 0.15) is 0 Å². The molecule has 1 rings (SSSR count). The van der Waals surface area contributed by atoms with E-state index in [0.29, 0.717) is 22.0 Å². The number of hydrogen-bond donors (Lipinski definition) is 1. The number of nitrogens with one attached hydrogen (secondary N) is 1. The highest BCUT2D eigenvalue weighted by Gasteiger charge is 2.07. The third-order valence-corrected chi connectivity index (χ3v) is 3.36. The maximum absolute atomic E-state index is 6.11. The van der Waals surface area contributed by atoms with Crippen molar-refractivity contribution in [3.63, 3.8) is 0 Å². The van der Waals surface area contributed by atoms with Crippen LogP contribution in [-0.4, -0.2) is 6.04 Å². The zero-order chi connectivity index (χ0) is 12.1. The molecule has 0 amide bonds. The van der Waals surface area contributed by atoms with Crippen molar-refractivity contribution in [2.75, 3.05) is 0 Å². The lowest BCUT2D eigenvalue weighted by Gasteiger charge is -2.16. The molecule has 0 heterocycles. The number of halogens is 2. The standard InChI is InChI=1S/C13H19Cl2N/c1-9(2)7-10(3)16-8-11-5-4-6-12(14)13(11)15/h4-6,9-10,16H,7-8H2,1-3H3. The third kappa shape index (κ3) is 4.32. The average Bonchev–Trinajstić information content (AvgIpc) is 2.19. The van der Waals surface area contributed by atoms with Crippen molar-refractivity contribution in [1.29, 1.82) is 0 Å². The second kappa shape index (κ2) is 6.48. The van der Waals surface area contributed by atoms with Crippen LogP contribution < -0.4 is 5.32 Å². The summed E-state index contributed by atoms with van der Waals surface area (Å²) in [6.07, 6.45) is 1.16. The predicted molar refractivity (Wildman–Crippen MR) is 72.2 cm³/mol. The minimum atomic E-state index is 0.495. The Bertz CT molecular complexity index is 337. The van der Waals surface area contributed by atoms with Crippen LogP contribution in [0.5, 0.6) is 0 Å². The summed E-state index contributed by atoms with van der Waals surface area (Å²) in [4.78, 5) is 0. The minimum Gasteiger partial charge on any atom is -0.310 e. The lowest BCUT2D eigenvalue weighted by atomic mass is 10.1. The molecule has 0 radical (unpaired) electrons. The molecule has 3 heteroatoms. The van der Waals surface area contributed by atoms with Gasteiger partial charge in [0.05, 0.1) is 10.0 Å². The first kappa shape index (κ1) is 13.8. The first-order valence-corrected chi connectivity index (χ1v) is 6.42. The van der Waals surface area contributed by atoms with E-state index in [1.54, 1.807) is 0 Å². The molecule has 0 saturated carbocycles. The van der Waals surface area contributed by atoms with Crippen LogP contribution in [0.2, 0.25) is 10.0 Å². The molecule has 0 saturated heterocycles. The Hall–Kier alpha value is -0.240. The van der Waals surface area contributed by atoms with E-state index in [-0.39, 0.29) is 0 Å². The topological polar surface area (TPSA) is 12.0 Å². The van der Waals surface area contributed by atoms with Gasteiger partial charge in [-0.1, -0.05) is 49.2 Å². The molecule has 0 fully saturated rings. The maximum atomic E-state index is 6.11. The molecule has 0 bridgehead atoms. The molecule has 0 aliphatic heterocycles. The van der Waals surface area contributed by atoms with E-state index in [4.69, 9.17) is 23.2 Å². The molecule has 1 aromatic rings. The summed E-state index contributed by atoms with van der Waals surface area (Å²) in [5, 5.41) is 4.74. The number of hydrogen-bond acceptors (Lipinski definition) is 1. The summed E-state index contributed by atoms with van der Waals surface area (Å²) in [7, 11) is 0. The van der Waals surface area contributed by atoms with Gasteiger partial charge in [-0.3, -0.25) is 0 Å². The van der Waals surface area contributed by atoms with Crippen molar-refractivity contribution in [2.45, 2.75) is 39.8 Å². The van der Waals surface area contributed by atoms with E-state index < -0.39 is 0 Å². The average molecular weight is 260 g/mol. The van der Waals surface area contributed by atoms with Gasteiger partial charge in [0.15, 0.2) is 0 Å². The monoisotopic (exact) mass is 259 g/mol. The Morgan fingerprint density at radius 3 is 2.50 bits per heavy atom. The van der Waals surface area contributed by atoms with Gasteiger partial charge in [0.2, 0.25) is 0 Å². The normalized spacial score (nSPS) is 13.1. The second-order valence-corrected chi connectivity index (χ2v) is 5.41. The van der Waals surface area contributed by atoms with Gasteiger partial charge in [-0.25, -0.2) is 0 Å². The molecule has 0 aliphatic rings. The third-order valence-electron chi connectivity index (χ3n) is 2.50. The molecule has 1 N–H and O–H groups in total. The van der Waals surface area contributed by atoms with Gasteiger partial charge in [-0.2, -0.15) is 0 Å². The zero-order valence-corrected chi connectivity index (χ0v) is 11.6. The molecule has 1 unspecified atom stereocenters. The highest BCUT2D eigenvalue weighted by Crippen LogP contribution is 2.25. The molecule has 16 heavy (non-hydrogen) atoms. The molecule has 0 spiro atoms. The quantitative estimate of drug-likeness (QED) is 0.820. The largest absolute Gasteiger partial charge is 0.310 e. The van der Waals surface area contributed by atoms with E-state index in [1.165, 1.54) is 0 Å². The Kier molecular flexibility index (Phi) is 5.60. The van der Waals surface area contributed by atoms with E-state index >= 15 is 0 Å². The number of rotatable bonds is 5. The van der Waals surface area contributed by atoms with Gasteiger partial charge in [0, 0.05) is 12.6 Å². The zero-order valence-electron chi connectivity index (χ0n) is 10.1. The van der Waals surface area contributed by atoms with Gasteiger partial charge < -0.3 is 5.32 Å². The molecule has 1 aromatic carbocycles. The van der Waals surface area contributed by atoms with Gasteiger partial charge >= 0.3 is 0 Å². The summed E-state index contributed by atoms with van der Waals surface area (Å²) >= 11 is 12.1. The van der Waals surface area contributed by atoms with Crippen molar-refractivity contribution in [1.82, 2.24) is 5.32 Å². The van der Waals surface area contributed by atoms with Crippen LogP contribution in [0, 0.1) is 5.92 Å². The summed E-state index contributed by atoms with van der Waals surface area (Å²) < 4.78 is 0. The van der Waals surface area contributed by atoms with Gasteiger partial charge in [0.25, 0.3) is 0 Å². The fourth-order valence-electron chi connectivity index (χ4n) is 1.76. The Balaban J connectivity index is 2.51. The molecular weight excluding hydrogens is 241 g/mol. The van der Waals surface area contributed by atoms with Crippen LogP contribution in [-0.2, 0) is 6.54 Å². The van der Waals surface area contributed by atoms with Crippen LogP contribution in [0.25, 0.3) is 0 Å². The second-order valence-electron chi connectivity index (χ2n) is 4.62. The van der Waals surface area contributed by atoms with Crippen molar-refractivity contribution in [3.05, 3.63) is 33.8 Å². The summed E-state index contributed by atoms with van der Waals surface area (Å²) in [6.45, 7) is 7.42. The van der Waals surface area contributed by atoms with E-state index in [2.05, 4.69) is 26.1 Å². The molecule has 1 nitrogen and oxygen atoms in total. The molecule has 1 atom stereocenters. The SMILES string of the molecule is CC(C)CC(C)NCc1cccc(Cl)c1Cl. The lowest BCUT2D eigenvalue weighted by Crippen LogP contribution is -2.26. The van der Waals surface area contributed by atoms with Crippen LogP contribution in [0.4, 0.5) is 0 Å². The van der Waals surface area contributed by atoms with Crippen LogP contribution in [0.15, 0.2) is 18.2 Å². The van der Waals surface area contributed by atoms with Crippen LogP contribution in [0.3, 0.4) is 0 Å². The Labute approximate surface area is 108 Å². The highest BCUT2D eigenvalue weighted by molar-refractivity contribution is 6.42. The first-order valence-electron chi connectivity index (χ1n) is 5.67. The summed E-state index contributed by atoms with van der Waals surface area (Å²) in [5.74, 6) is 0.706. The van der Waals surface area contributed by atoms with Gasteiger partial charge in [-0.15, -0.1) is 0 Å². The van der Waals surface area contributed by atoms with E-state index in [0.717, 1.165) is 18.5 Å². The van der Waals surface area contributed by atoms with Gasteiger partial charge in [-0.05, 0) is 30.9 Å². The number of benzene rings is 1. The van der Waals surface area contributed by atoms with Crippen LogP contribution >= 0.6 is 23.2 Å². The predicted octanol–water partition coefficient (Wildman–Crippen LogP) is 4.52. The first-order chi connectivity index (χ1) is 7.50. The molecule has 0 aromatic heterocycles. The Morgan fingerprint density at radius 1 is 1.19 bits per heavy atom. The molecule has 0 aliphatic carbocycles. The van der Waals surface area contributed by atoms with E-state index in [9.17, 15) is 0 Å². The van der Waals surface area contributed by atoms with Crippen molar-refractivity contribution in [2.24, 2.45) is 5.92 Å². The molecule has 90 valence electrons. The highest BCUT2D eigenvalue weighted by atomic mass is 35.5. The fraction of sp³-hybridized carbons (Fsp3) is 0.538. The van der Waals surface area contributed by atoms with Crippen molar-refractivity contribution in [3.8, 4) is 0 Å².